The molecule has 186 valence electrons. The van der Waals surface area contributed by atoms with E-state index in [0.717, 1.165) is 4.90 Å². The Kier molecular flexibility index (Phi) is 6.97. The van der Waals surface area contributed by atoms with E-state index in [-0.39, 0.29) is 41.4 Å². The lowest BCUT2D eigenvalue weighted by atomic mass is 9.67. The zero-order chi connectivity index (χ0) is 24.6. The van der Waals surface area contributed by atoms with Crippen molar-refractivity contribution in [3.05, 3.63) is 18.2 Å². The molecule has 10 nitrogen and oxygen atoms in total. The molecule has 1 aliphatic carbocycles. The van der Waals surface area contributed by atoms with Crippen LogP contribution in [0, 0.1) is 23.7 Å². The first-order chi connectivity index (χ1) is 16.2. The molecule has 2 saturated heterocycles. The normalized spacial score (nSPS) is 28.0. The number of morpholine rings is 1. The highest BCUT2D eigenvalue weighted by molar-refractivity contribution is 7.89. The standard InChI is InChI=1S/C23H31N3O7S/c1-4-33-18-8-6-15(34(30,31)26-9-11-32-12-10-26)13-17(18)24-21(27)19-14(2)5-7-16-20(19)23(29)25(3)22(16)28/h6,8,13-14,16,19-20H,4-5,7,9-12H2,1-3H3,(H,24,27)/t14-,16+,19-,20+/m1/s1. The molecule has 0 aromatic heterocycles. The number of imide groups is 1. The van der Waals surface area contributed by atoms with Gasteiger partial charge in [0.15, 0.2) is 0 Å². The molecule has 4 rings (SSSR count). The molecule has 2 heterocycles. The van der Waals surface area contributed by atoms with Crippen molar-refractivity contribution in [2.45, 2.75) is 31.6 Å². The van der Waals surface area contributed by atoms with Gasteiger partial charge >= 0.3 is 0 Å². The lowest BCUT2D eigenvalue weighted by molar-refractivity contribution is -0.140. The van der Waals surface area contributed by atoms with Crippen LogP contribution in [0.3, 0.4) is 0 Å². The largest absolute Gasteiger partial charge is 0.492 e. The monoisotopic (exact) mass is 493 g/mol. The van der Waals surface area contributed by atoms with E-state index < -0.39 is 33.7 Å². The summed E-state index contributed by atoms with van der Waals surface area (Å²) in [4.78, 5) is 39.9. The van der Waals surface area contributed by atoms with Crippen LogP contribution in [-0.4, -0.2) is 75.3 Å². The molecule has 3 aliphatic rings. The smallest absolute Gasteiger partial charge is 0.243 e. The Bertz CT molecular complexity index is 1080. The molecule has 0 bridgehead atoms. The second kappa shape index (κ2) is 9.63. The molecule has 1 aromatic rings. The number of fused-ring (bicyclic) bond motifs is 1. The molecule has 0 spiro atoms. The predicted molar refractivity (Wildman–Crippen MR) is 122 cm³/mol. The fourth-order valence-electron chi connectivity index (χ4n) is 5.21. The van der Waals surface area contributed by atoms with E-state index >= 15 is 0 Å². The first-order valence-corrected chi connectivity index (χ1v) is 13.1. The first kappa shape index (κ1) is 24.6. The predicted octanol–water partition coefficient (Wildman–Crippen LogP) is 1.32. The zero-order valence-corrected chi connectivity index (χ0v) is 20.5. The van der Waals surface area contributed by atoms with Crippen molar-refractivity contribution in [2.75, 3.05) is 45.3 Å². The highest BCUT2D eigenvalue weighted by atomic mass is 32.2. The number of anilines is 1. The molecule has 1 aromatic carbocycles. The average molecular weight is 494 g/mol. The molecule has 3 amide bonds. The van der Waals surface area contributed by atoms with E-state index in [0.29, 0.717) is 38.4 Å². The molecule has 4 atom stereocenters. The maximum Gasteiger partial charge on any atom is 0.243 e. The summed E-state index contributed by atoms with van der Waals surface area (Å²) < 4.78 is 38.5. The summed E-state index contributed by atoms with van der Waals surface area (Å²) in [6.45, 7) is 5.16. The lowest BCUT2D eigenvalue weighted by Gasteiger charge is -2.34. The quantitative estimate of drug-likeness (QED) is 0.593. The van der Waals surface area contributed by atoms with Crippen molar-refractivity contribution < 1.29 is 32.3 Å². The number of sulfonamides is 1. The van der Waals surface area contributed by atoms with Gasteiger partial charge in [-0.3, -0.25) is 19.3 Å². The topological polar surface area (TPSA) is 122 Å². The second-order valence-electron chi connectivity index (χ2n) is 9.04. The molecular weight excluding hydrogens is 462 g/mol. The summed E-state index contributed by atoms with van der Waals surface area (Å²) in [6, 6.07) is 4.38. The highest BCUT2D eigenvalue weighted by Crippen LogP contribution is 2.45. The van der Waals surface area contributed by atoms with Crippen molar-refractivity contribution in [3.8, 4) is 5.75 Å². The van der Waals surface area contributed by atoms with Crippen molar-refractivity contribution in [1.82, 2.24) is 9.21 Å². The van der Waals surface area contributed by atoms with Crippen LogP contribution in [0.15, 0.2) is 23.1 Å². The Morgan fingerprint density at radius 3 is 2.56 bits per heavy atom. The number of ether oxygens (including phenoxy) is 2. The number of hydrogen-bond donors (Lipinski definition) is 1. The van der Waals surface area contributed by atoms with Gasteiger partial charge in [-0.2, -0.15) is 4.31 Å². The number of likely N-dealkylation sites (tertiary alicyclic amines) is 1. The Balaban J connectivity index is 1.64. The third-order valence-corrected chi connectivity index (χ3v) is 8.94. The van der Waals surface area contributed by atoms with E-state index in [1.807, 2.05) is 6.92 Å². The molecule has 11 heteroatoms. The van der Waals surface area contributed by atoms with Crippen molar-refractivity contribution in [1.29, 1.82) is 0 Å². The van der Waals surface area contributed by atoms with Gasteiger partial charge in [0.2, 0.25) is 27.7 Å². The van der Waals surface area contributed by atoms with E-state index in [4.69, 9.17) is 9.47 Å². The number of amides is 3. The lowest BCUT2D eigenvalue weighted by Crippen LogP contribution is -2.43. The van der Waals surface area contributed by atoms with Gasteiger partial charge in [-0.1, -0.05) is 6.92 Å². The summed E-state index contributed by atoms with van der Waals surface area (Å²) in [6.07, 6.45) is 1.22. The van der Waals surface area contributed by atoms with Crippen molar-refractivity contribution in [2.24, 2.45) is 23.7 Å². The van der Waals surface area contributed by atoms with Gasteiger partial charge in [-0.25, -0.2) is 8.42 Å². The van der Waals surface area contributed by atoms with Crippen LogP contribution in [0.2, 0.25) is 0 Å². The summed E-state index contributed by atoms with van der Waals surface area (Å²) in [5.74, 6) is -2.68. The number of benzene rings is 1. The minimum Gasteiger partial charge on any atom is -0.492 e. The number of carbonyl (C=O) groups is 3. The summed E-state index contributed by atoms with van der Waals surface area (Å²) in [5.41, 5.74) is 0.223. The SMILES string of the molecule is CCOc1ccc(S(=O)(=O)N2CCOCC2)cc1NC(=O)[C@H]1[C@H]2C(=O)N(C)C(=O)[C@H]2CC[C@H]1C. The zero-order valence-electron chi connectivity index (χ0n) is 19.7. The Labute approximate surface area is 199 Å². The molecule has 1 N–H and O–H groups in total. The van der Waals surface area contributed by atoms with Crippen molar-refractivity contribution >= 4 is 33.4 Å². The Morgan fingerprint density at radius 1 is 1.18 bits per heavy atom. The van der Waals surface area contributed by atoms with E-state index in [1.54, 1.807) is 6.92 Å². The molecule has 34 heavy (non-hydrogen) atoms. The fourth-order valence-corrected chi connectivity index (χ4v) is 6.65. The van der Waals surface area contributed by atoms with Gasteiger partial charge in [0.1, 0.15) is 5.75 Å². The minimum absolute atomic E-state index is 0.0366. The summed E-state index contributed by atoms with van der Waals surface area (Å²) in [5, 5.41) is 2.82. The van der Waals surface area contributed by atoms with Gasteiger partial charge in [-0.15, -0.1) is 0 Å². The Hall–Kier alpha value is -2.50. The van der Waals surface area contributed by atoms with E-state index in [9.17, 15) is 22.8 Å². The van der Waals surface area contributed by atoms with Gasteiger partial charge < -0.3 is 14.8 Å². The number of rotatable bonds is 6. The molecular formula is C23H31N3O7S. The van der Waals surface area contributed by atoms with Gasteiger partial charge in [0, 0.05) is 20.1 Å². The second-order valence-corrected chi connectivity index (χ2v) is 11.0. The van der Waals surface area contributed by atoms with Crippen molar-refractivity contribution in [3.63, 3.8) is 0 Å². The van der Waals surface area contributed by atoms with Crippen LogP contribution in [0.1, 0.15) is 26.7 Å². The fraction of sp³-hybridized carbons (Fsp3) is 0.609. The molecule has 0 radical (unpaired) electrons. The minimum atomic E-state index is -3.78. The van der Waals surface area contributed by atoms with Gasteiger partial charge in [0.05, 0.1) is 48.2 Å². The molecule has 0 unspecified atom stereocenters. The van der Waals surface area contributed by atoms with Gasteiger partial charge in [-0.05, 0) is 43.9 Å². The molecule has 2 aliphatic heterocycles. The Morgan fingerprint density at radius 2 is 1.88 bits per heavy atom. The summed E-state index contributed by atoms with van der Waals surface area (Å²) in [7, 11) is -2.33. The van der Waals surface area contributed by atoms with Crippen LogP contribution >= 0.6 is 0 Å². The van der Waals surface area contributed by atoms with Crippen LogP contribution in [0.4, 0.5) is 5.69 Å². The third kappa shape index (κ3) is 4.32. The van der Waals surface area contributed by atoms with Crippen LogP contribution < -0.4 is 10.1 Å². The average Bonchev–Trinajstić information content (AvgIpc) is 3.04. The van der Waals surface area contributed by atoms with Crippen LogP contribution in [0.5, 0.6) is 5.75 Å². The van der Waals surface area contributed by atoms with E-state index in [1.165, 1.54) is 29.6 Å². The number of hydrogen-bond acceptors (Lipinski definition) is 7. The maximum atomic E-state index is 13.5. The van der Waals surface area contributed by atoms with E-state index in [2.05, 4.69) is 5.32 Å². The van der Waals surface area contributed by atoms with Gasteiger partial charge in [0.25, 0.3) is 0 Å². The maximum absolute atomic E-state index is 13.5. The number of nitrogens with zero attached hydrogens (tertiary/aromatic N) is 2. The molecule has 3 fully saturated rings. The summed E-state index contributed by atoms with van der Waals surface area (Å²) >= 11 is 0. The highest BCUT2D eigenvalue weighted by Gasteiger charge is 2.55. The number of nitrogens with one attached hydrogen (secondary N) is 1. The number of carbonyl (C=O) groups excluding carboxylic acids is 3. The van der Waals surface area contributed by atoms with Crippen LogP contribution in [-0.2, 0) is 29.1 Å². The third-order valence-electron chi connectivity index (χ3n) is 7.05. The molecule has 1 saturated carbocycles. The first-order valence-electron chi connectivity index (χ1n) is 11.6. The van der Waals surface area contributed by atoms with Crippen LogP contribution in [0.25, 0.3) is 0 Å².